The summed E-state index contributed by atoms with van der Waals surface area (Å²) in [7, 11) is 1.58. The maximum Gasteiger partial charge on any atom is 0.240 e. The van der Waals surface area contributed by atoms with E-state index in [4.69, 9.17) is 4.74 Å². The topological polar surface area (TPSA) is 99.8 Å². The Morgan fingerprint density at radius 3 is 2.43 bits per heavy atom. The minimum absolute atomic E-state index is 0.0951. The molecule has 0 radical (unpaired) electrons. The van der Waals surface area contributed by atoms with Crippen molar-refractivity contribution >= 4 is 17.7 Å². The maximum absolute atomic E-state index is 12.6. The quantitative estimate of drug-likeness (QED) is 0.426. The Balaban J connectivity index is 2.39. The molecule has 8 heteroatoms. The summed E-state index contributed by atoms with van der Waals surface area (Å²) in [4.78, 5) is 37.3. The van der Waals surface area contributed by atoms with Crippen LogP contribution in [0, 0.1) is 0 Å². The summed E-state index contributed by atoms with van der Waals surface area (Å²) in [6, 6.07) is 9.09. The highest BCUT2D eigenvalue weighted by Gasteiger charge is 2.22. The van der Waals surface area contributed by atoms with Gasteiger partial charge in [0.1, 0.15) is 12.4 Å². The van der Waals surface area contributed by atoms with Gasteiger partial charge in [-0.1, -0.05) is 31.5 Å². The Labute approximate surface area is 167 Å². The Morgan fingerprint density at radius 1 is 1.07 bits per heavy atom. The predicted octanol–water partition coefficient (Wildman–Crippen LogP) is 0.534. The van der Waals surface area contributed by atoms with Gasteiger partial charge < -0.3 is 25.6 Å². The van der Waals surface area contributed by atoms with Gasteiger partial charge in [-0.05, 0) is 25.5 Å². The van der Waals surface area contributed by atoms with Gasteiger partial charge in [0.2, 0.25) is 17.7 Å². The normalized spacial score (nSPS) is 11.4. The molecule has 28 heavy (non-hydrogen) atoms. The molecular formula is C20H32N4O4. The van der Waals surface area contributed by atoms with Crippen LogP contribution < -0.4 is 20.7 Å². The SMILES string of the molecule is CCCC(NCCOc1ccccc1)C(=O)N(C)CC(=O)NCC(=O)NCC. The first-order chi connectivity index (χ1) is 13.5. The number of carbonyl (C=O) groups excluding carboxylic acids is 3. The largest absolute Gasteiger partial charge is 0.492 e. The van der Waals surface area contributed by atoms with Crippen molar-refractivity contribution in [2.75, 3.05) is 39.8 Å². The molecule has 0 saturated heterocycles. The van der Waals surface area contributed by atoms with E-state index in [1.165, 1.54) is 4.90 Å². The number of benzene rings is 1. The second kappa shape index (κ2) is 13.5. The van der Waals surface area contributed by atoms with Crippen LogP contribution in [-0.2, 0) is 14.4 Å². The monoisotopic (exact) mass is 392 g/mol. The maximum atomic E-state index is 12.6. The zero-order valence-corrected chi connectivity index (χ0v) is 17.0. The molecular weight excluding hydrogens is 360 g/mol. The van der Waals surface area contributed by atoms with Gasteiger partial charge in [-0.25, -0.2) is 0 Å². The van der Waals surface area contributed by atoms with Gasteiger partial charge in [0, 0.05) is 20.1 Å². The Bertz CT molecular complexity index is 609. The van der Waals surface area contributed by atoms with Crippen LogP contribution >= 0.6 is 0 Å². The van der Waals surface area contributed by atoms with Gasteiger partial charge in [0.15, 0.2) is 0 Å². The van der Waals surface area contributed by atoms with Crippen molar-refractivity contribution in [2.45, 2.75) is 32.7 Å². The summed E-state index contributed by atoms with van der Waals surface area (Å²) in [5, 5.41) is 8.31. The number of likely N-dealkylation sites (N-methyl/N-ethyl adjacent to an activating group) is 2. The molecule has 1 aromatic rings. The summed E-state index contributed by atoms with van der Waals surface area (Å²) in [5.41, 5.74) is 0. The van der Waals surface area contributed by atoms with Gasteiger partial charge in [-0.2, -0.15) is 0 Å². The molecule has 0 fully saturated rings. The number of nitrogens with zero attached hydrogens (tertiary/aromatic N) is 1. The summed E-state index contributed by atoms with van der Waals surface area (Å²) in [6.07, 6.45) is 1.50. The van der Waals surface area contributed by atoms with Crippen LogP contribution in [0.1, 0.15) is 26.7 Å². The number of nitrogens with one attached hydrogen (secondary N) is 3. The van der Waals surface area contributed by atoms with E-state index in [9.17, 15) is 14.4 Å². The smallest absolute Gasteiger partial charge is 0.240 e. The van der Waals surface area contributed by atoms with Crippen LogP contribution in [0.2, 0.25) is 0 Å². The zero-order valence-electron chi connectivity index (χ0n) is 17.0. The molecule has 156 valence electrons. The van der Waals surface area contributed by atoms with Crippen LogP contribution in [-0.4, -0.2) is 68.5 Å². The lowest BCUT2D eigenvalue weighted by atomic mass is 10.1. The van der Waals surface area contributed by atoms with Crippen LogP contribution in [0.4, 0.5) is 0 Å². The van der Waals surface area contributed by atoms with Crippen molar-refractivity contribution in [3.05, 3.63) is 30.3 Å². The molecule has 0 saturated carbocycles. The Morgan fingerprint density at radius 2 is 1.79 bits per heavy atom. The molecule has 1 rings (SSSR count). The van der Waals surface area contributed by atoms with Gasteiger partial charge >= 0.3 is 0 Å². The van der Waals surface area contributed by atoms with E-state index in [-0.39, 0.29) is 36.9 Å². The molecule has 0 spiro atoms. The number of carbonyl (C=O) groups is 3. The average molecular weight is 393 g/mol. The van der Waals surface area contributed by atoms with Crippen molar-refractivity contribution in [3.8, 4) is 5.75 Å². The number of para-hydroxylation sites is 1. The second-order valence-corrected chi connectivity index (χ2v) is 6.38. The molecule has 0 aliphatic carbocycles. The van der Waals surface area contributed by atoms with E-state index in [1.54, 1.807) is 14.0 Å². The first-order valence-corrected chi connectivity index (χ1v) is 9.67. The molecule has 3 N–H and O–H groups in total. The zero-order chi connectivity index (χ0) is 20.8. The van der Waals surface area contributed by atoms with Crippen LogP contribution in [0.5, 0.6) is 5.75 Å². The third-order valence-corrected chi connectivity index (χ3v) is 3.96. The molecule has 0 aromatic heterocycles. The molecule has 0 heterocycles. The highest BCUT2D eigenvalue weighted by Crippen LogP contribution is 2.07. The van der Waals surface area contributed by atoms with E-state index in [0.29, 0.717) is 26.1 Å². The standard InChI is InChI=1S/C20H32N4O4/c1-4-9-17(22-12-13-28-16-10-7-6-8-11-16)20(27)24(3)15-19(26)23-14-18(25)21-5-2/h6-8,10-11,17,22H,4-5,9,12-15H2,1-3H3,(H,21,25)(H,23,26). The molecule has 1 unspecified atom stereocenters. The lowest BCUT2D eigenvalue weighted by Crippen LogP contribution is -2.49. The fraction of sp³-hybridized carbons (Fsp3) is 0.550. The lowest BCUT2D eigenvalue weighted by molar-refractivity contribution is -0.136. The van der Waals surface area contributed by atoms with Gasteiger partial charge in [-0.3, -0.25) is 14.4 Å². The summed E-state index contributed by atoms with van der Waals surface area (Å²) in [6.45, 7) is 5.07. The number of hydrogen-bond donors (Lipinski definition) is 3. The van der Waals surface area contributed by atoms with Crippen LogP contribution in [0.25, 0.3) is 0 Å². The van der Waals surface area contributed by atoms with Crippen LogP contribution in [0.15, 0.2) is 30.3 Å². The number of ether oxygens (including phenoxy) is 1. The van der Waals surface area contributed by atoms with Crippen molar-refractivity contribution in [2.24, 2.45) is 0 Å². The molecule has 1 atom stereocenters. The molecule has 8 nitrogen and oxygen atoms in total. The fourth-order valence-corrected chi connectivity index (χ4v) is 2.57. The van der Waals surface area contributed by atoms with E-state index in [2.05, 4.69) is 16.0 Å². The first kappa shape index (κ1) is 23.4. The van der Waals surface area contributed by atoms with Crippen molar-refractivity contribution < 1.29 is 19.1 Å². The second-order valence-electron chi connectivity index (χ2n) is 6.38. The molecule has 0 aliphatic rings. The third-order valence-electron chi connectivity index (χ3n) is 3.96. The van der Waals surface area contributed by atoms with Gasteiger partial charge in [-0.15, -0.1) is 0 Å². The van der Waals surface area contributed by atoms with E-state index >= 15 is 0 Å². The fourth-order valence-electron chi connectivity index (χ4n) is 2.57. The van der Waals surface area contributed by atoms with Crippen molar-refractivity contribution in [1.82, 2.24) is 20.9 Å². The highest BCUT2D eigenvalue weighted by molar-refractivity contribution is 5.89. The average Bonchev–Trinajstić information content (AvgIpc) is 2.69. The minimum Gasteiger partial charge on any atom is -0.492 e. The van der Waals surface area contributed by atoms with Gasteiger partial charge in [0.25, 0.3) is 0 Å². The summed E-state index contributed by atoms with van der Waals surface area (Å²) in [5.74, 6) is -0.00294. The molecule has 1 aromatic carbocycles. The highest BCUT2D eigenvalue weighted by atomic mass is 16.5. The minimum atomic E-state index is -0.384. The molecule has 0 aliphatic heterocycles. The predicted molar refractivity (Wildman–Crippen MR) is 108 cm³/mol. The lowest BCUT2D eigenvalue weighted by Gasteiger charge is -2.24. The van der Waals surface area contributed by atoms with Crippen molar-refractivity contribution in [1.29, 1.82) is 0 Å². The number of hydrogen-bond acceptors (Lipinski definition) is 5. The van der Waals surface area contributed by atoms with Crippen LogP contribution in [0.3, 0.4) is 0 Å². The third kappa shape index (κ3) is 9.36. The molecule has 0 bridgehead atoms. The molecule has 3 amide bonds. The number of amides is 3. The first-order valence-electron chi connectivity index (χ1n) is 9.67. The van der Waals surface area contributed by atoms with E-state index in [0.717, 1.165) is 12.2 Å². The number of rotatable bonds is 13. The Hall–Kier alpha value is -2.61. The van der Waals surface area contributed by atoms with Crippen molar-refractivity contribution in [3.63, 3.8) is 0 Å². The summed E-state index contributed by atoms with van der Waals surface area (Å²) >= 11 is 0. The summed E-state index contributed by atoms with van der Waals surface area (Å²) < 4.78 is 5.62. The van der Waals surface area contributed by atoms with E-state index in [1.807, 2.05) is 37.3 Å². The Kier molecular flexibility index (Phi) is 11.3. The van der Waals surface area contributed by atoms with Gasteiger partial charge in [0.05, 0.1) is 19.1 Å². The van der Waals surface area contributed by atoms with E-state index < -0.39 is 0 Å².